The number of rotatable bonds is 6. The number of aromatic nitrogens is 1. The highest BCUT2D eigenvalue weighted by molar-refractivity contribution is 7.21. The third-order valence-corrected chi connectivity index (χ3v) is 4.73. The molecule has 5 nitrogen and oxygen atoms in total. The monoisotopic (exact) mass is 340 g/mol. The Morgan fingerprint density at radius 1 is 1.12 bits per heavy atom. The van der Waals surface area contributed by atoms with Crippen molar-refractivity contribution in [2.24, 2.45) is 0 Å². The molecule has 0 spiro atoms. The average molecular weight is 340 g/mol. The molecule has 0 amide bonds. The van der Waals surface area contributed by atoms with E-state index in [0.29, 0.717) is 18.8 Å². The fourth-order valence-electron chi connectivity index (χ4n) is 2.48. The summed E-state index contributed by atoms with van der Waals surface area (Å²) in [6.45, 7) is 0.924. The molecule has 2 N–H and O–H groups in total. The van der Waals surface area contributed by atoms with Gasteiger partial charge >= 0.3 is 0 Å². The van der Waals surface area contributed by atoms with Crippen LogP contribution in [0, 0.1) is 0 Å². The average Bonchev–Trinajstić information content (AvgIpc) is 3.33. The van der Waals surface area contributed by atoms with Gasteiger partial charge in [0.15, 0.2) is 10.8 Å². The predicted molar refractivity (Wildman–Crippen MR) is 92.7 cm³/mol. The highest BCUT2D eigenvalue weighted by atomic mass is 32.1. The summed E-state index contributed by atoms with van der Waals surface area (Å²) in [5.41, 5.74) is 0.982. The van der Waals surface area contributed by atoms with Gasteiger partial charge in [-0.15, -0.1) is 11.3 Å². The number of aliphatic hydroxyl groups excluding tert-OH is 1. The Morgan fingerprint density at radius 2 is 2.04 bits per heavy atom. The number of hydrogen-bond acceptors (Lipinski definition) is 6. The molecule has 0 radical (unpaired) electrons. The SMILES string of the molecule is OC(CNCc1ccc(-c2nc3ccccc3s2)o1)c1ccco1. The lowest BCUT2D eigenvalue weighted by Crippen LogP contribution is -2.20. The van der Waals surface area contributed by atoms with Gasteiger partial charge < -0.3 is 19.3 Å². The minimum atomic E-state index is -0.668. The summed E-state index contributed by atoms with van der Waals surface area (Å²) in [7, 11) is 0. The number of nitrogens with one attached hydrogen (secondary N) is 1. The highest BCUT2D eigenvalue weighted by Gasteiger charge is 2.12. The molecule has 0 aliphatic rings. The van der Waals surface area contributed by atoms with E-state index in [1.165, 1.54) is 0 Å². The van der Waals surface area contributed by atoms with E-state index in [9.17, 15) is 5.11 Å². The van der Waals surface area contributed by atoms with Crippen LogP contribution in [0.15, 0.2) is 63.6 Å². The molecular formula is C18H16N2O3S. The topological polar surface area (TPSA) is 71.4 Å². The van der Waals surface area contributed by atoms with E-state index in [1.54, 1.807) is 29.7 Å². The van der Waals surface area contributed by atoms with Crippen molar-refractivity contribution in [1.29, 1.82) is 0 Å². The molecule has 0 fully saturated rings. The quantitative estimate of drug-likeness (QED) is 0.556. The zero-order chi connectivity index (χ0) is 16.4. The van der Waals surface area contributed by atoms with E-state index in [0.717, 1.165) is 26.7 Å². The standard InChI is InChI=1S/C18H16N2O3S/c21-14(15-5-3-9-22-15)11-19-10-12-7-8-16(23-12)18-20-13-4-1-2-6-17(13)24-18/h1-9,14,19,21H,10-11H2. The highest BCUT2D eigenvalue weighted by Crippen LogP contribution is 2.31. The minimum Gasteiger partial charge on any atom is -0.467 e. The number of fused-ring (bicyclic) bond motifs is 1. The summed E-state index contributed by atoms with van der Waals surface area (Å²) in [4.78, 5) is 4.59. The molecule has 4 rings (SSSR count). The second-order valence-corrected chi connectivity index (χ2v) is 6.45. The molecule has 0 bridgehead atoms. The van der Waals surface area contributed by atoms with Crippen LogP contribution in [0.3, 0.4) is 0 Å². The number of thiazole rings is 1. The molecule has 1 unspecified atom stereocenters. The maximum Gasteiger partial charge on any atom is 0.163 e. The molecule has 1 atom stereocenters. The van der Waals surface area contributed by atoms with Gasteiger partial charge in [-0.3, -0.25) is 0 Å². The van der Waals surface area contributed by atoms with Crippen LogP contribution in [-0.2, 0) is 6.54 Å². The molecule has 3 heterocycles. The number of benzene rings is 1. The third-order valence-electron chi connectivity index (χ3n) is 3.67. The Hall–Kier alpha value is -2.41. The van der Waals surface area contributed by atoms with Gasteiger partial charge in [0.25, 0.3) is 0 Å². The third kappa shape index (κ3) is 3.12. The minimum absolute atomic E-state index is 0.394. The van der Waals surface area contributed by atoms with Crippen LogP contribution >= 0.6 is 11.3 Å². The van der Waals surface area contributed by atoms with Gasteiger partial charge in [-0.2, -0.15) is 0 Å². The number of furan rings is 2. The van der Waals surface area contributed by atoms with Gasteiger partial charge in [0.1, 0.15) is 17.6 Å². The number of nitrogens with zero attached hydrogens (tertiary/aromatic N) is 1. The number of hydrogen-bond donors (Lipinski definition) is 2. The molecule has 0 aliphatic carbocycles. The molecule has 4 aromatic rings. The molecule has 24 heavy (non-hydrogen) atoms. The fraction of sp³-hybridized carbons (Fsp3) is 0.167. The van der Waals surface area contributed by atoms with E-state index in [-0.39, 0.29) is 0 Å². The van der Waals surface area contributed by atoms with E-state index in [4.69, 9.17) is 8.83 Å². The van der Waals surface area contributed by atoms with Crippen molar-refractivity contribution in [1.82, 2.24) is 10.3 Å². The molecule has 0 saturated carbocycles. The zero-order valence-corrected chi connectivity index (χ0v) is 13.6. The van der Waals surface area contributed by atoms with Gasteiger partial charge in [0, 0.05) is 6.54 Å². The van der Waals surface area contributed by atoms with Gasteiger partial charge in [-0.1, -0.05) is 12.1 Å². The zero-order valence-electron chi connectivity index (χ0n) is 12.8. The lowest BCUT2D eigenvalue weighted by molar-refractivity contribution is 0.146. The second kappa shape index (κ2) is 6.60. The van der Waals surface area contributed by atoms with Crippen molar-refractivity contribution < 1.29 is 13.9 Å². The largest absolute Gasteiger partial charge is 0.467 e. The van der Waals surface area contributed by atoms with E-state index >= 15 is 0 Å². The first kappa shape index (κ1) is 15.1. The van der Waals surface area contributed by atoms with E-state index < -0.39 is 6.10 Å². The Bertz CT molecular complexity index is 894. The maximum absolute atomic E-state index is 9.96. The normalized spacial score (nSPS) is 12.7. The molecule has 0 saturated heterocycles. The summed E-state index contributed by atoms with van der Waals surface area (Å²) in [6.07, 6.45) is 0.883. The molecule has 0 aliphatic heterocycles. The van der Waals surface area contributed by atoms with Crippen LogP contribution in [0.5, 0.6) is 0 Å². The van der Waals surface area contributed by atoms with Gasteiger partial charge in [0.05, 0.1) is 23.0 Å². The Labute approximate surface area is 142 Å². The summed E-state index contributed by atoms with van der Waals surface area (Å²) >= 11 is 1.61. The summed E-state index contributed by atoms with van der Waals surface area (Å²) in [6, 6.07) is 15.4. The molecule has 6 heteroatoms. The molecule has 3 aromatic heterocycles. The Morgan fingerprint density at radius 3 is 2.88 bits per heavy atom. The van der Waals surface area contributed by atoms with E-state index in [2.05, 4.69) is 16.4 Å². The smallest absolute Gasteiger partial charge is 0.163 e. The summed E-state index contributed by atoms with van der Waals surface area (Å²) in [5.74, 6) is 2.12. The van der Waals surface area contributed by atoms with Crippen molar-refractivity contribution in [3.8, 4) is 10.8 Å². The fourth-order valence-corrected chi connectivity index (χ4v) is 3.41. The van der Waals surface area contributed by atoms with Crippen molar-refractivity contribution in [2.45, 2.75) is 12.6 Å². The maximum atomic E-state index is 9.96. The Kier molecular flexibility index (Phi) is 4.17. The van der Waals surface area contributed by atoms with Gasteiger partial charge in [-0.05, 0) is 36.4 Å². The molecule has 1 aromatic carbocycles. The van der Waals surface area contributed by atoms with Crippen molar-refractivity contribution in [3.63, 3.8) is 0 Å². The first-order chi connectivity index (χ1) is 11.8. The van der Waals surface area contributed by atoms with Crippen LogP contribution < -0.4 is 5.32 Å². The van der Waals surface area contributed by atoms with Gasteiger partial charge in [0.2, 0.25) is 0 Å². The van der Waals surface area contributed by atoms with Crippen LogP contribution in [0.25, 0.3) is 21.0 Å². The molecule has 122 valence electrons. The summed E-state index contributed by atoms with van der Waals surface area (Å²) < 4.78 is 12.2. The van der Waals surface area contributed by atoms with Crippen molar-refractivity contribution >= 4 is 21.6 Å². The first-order valence-corrected chi connectivity index (χ1v) is 8.48. The number of para-hydroxylation sites is 1. The van der Waals surface area contributed by atoms with Crippen LogP contribution in [0.2, 0.25) is 0 Å². The van der Waals surface area contributed by atoms with Crippen molar-refractivity contribution in [2.75, 3.05) is 6.54 Å². The first-order valence-electron chi connectivity index (χ1n) is 7.66. The van der Waals surface area contributed by atoms with Crippen LogP contribution in [-0.4, -0.2) is 16.6 Å². The van der Waals surface area contributed by atoms with Crippen LogP contribution in [0.1, 0.15) is 17.6 Å². The lowest BCUT2D eigenvalue weighted by Gasteiger charge is -2.08. The van der Waals surface area contributed by atoms with E-state index in [1.807, 2.05) is 30.3 Å². The van der Waals surface area contributed by atoms with Crippen molar-refractivity contribution in [3.05, 3.63) is 66.3 Å². The molecular weight excluding hydrogens is 324 g/mol. The summed E-state index contributed by atoms with van der Waals surface area (Å²) in [5, 5.41) is 14.0. The second-order valence-electron chi connectivity index (χ2n) is 5.41. The lowest BCUT2D eigenvalue weighted by atomic mass is 10.2. The number of aliphatic hydroxyl groups is 1. The van der Waals surface area contributed by atoms with Gasteiger partial charge in [-0.25, -0.2) is 4.98 Å². The van der Waals surface area contributed by atoms with Crippen LogP contribution in [0.4, 0.5) is 0 Å². The predicted octanol–water partition coefficient (Wildman–Crippen LogP) is 3.97. The Balaban J connectivity index is 1.39.